The number of benzene rings is 2. The average molecular weight is 397 g/mol. The Balaban J connectivity index is 1.70. The van der Waals surface area contributed by atoms with Crippen LogP contribution in [0, 0.1) is 23.3 Å². The molecular formula is C18H11F4NO3S. The minimum Gasteiger partial charge on any atom is -0.448 e. The first-order chi connectivity index (χ1) is 12.8. The number of halogens is 4. The molecule has 9 heteroatoms. The van der Waals surface area contributed by atoms with E-state index in [2.05, 4.69) is 0 Å². The minimum atomic E-state index is -1.73. The number of carbonyl (C=O) groups is 2. The Morgan fingerprint density at radius 3 is 2.52 bits per heavy atom. The smallest absolute Gasteiger partial charge is 0.349 e. The maximum Gasteiger partial charge on any atom is 0.349 e. The van der Waals surface area contributed by atoms with Crippen LogP contribution in [-0.4, -0.2) is 18.0 Å². The van der Waals surface area contributed by atoms with Crippen molar-refractivity contribution in [3.8, 4) is 0 Å². The molecule has 0 unspecified atom stereocenters. The molecule has 3 aromatic rings. The van der Waals surface area contributed by atoms with Crippen LogP contribution in [0.1, 0.15) is 16.6 Å². The highest BCUT2D eigenvalue weighted by molar-refractivity contribution is 7.20. The van der Waals surface area contributed by atoms with Crippen molar-refractivity contribution in [1.29, 1.82) is 0 Å². The van der Waals surface area contributed by atoms with E-state index in [1.54, 1.807) is 0 Å². The Labute approximate surface area is 154 Å². The molecule has 0 spiro atoms. The number of nitrogens with one attached hydrogen (secondary N) is 1. The van der Waals surface area contributed by atoms with Crippen LogP contribution in [-0.2, 0) is 9.53 Å². The van der Waals surface area contributed by atoms with E-state index in [1.165, 1.54) is 31.2 Å². The Hall–Kier alpha value is -2.94. The number of thiophene rings is 1. The number of carbonyl (C=O) groups excluding carboxylic acids is 2. The lowest BCUT2D eigenvalue weighted by Gasteiger charge is -2.13. The molecule has 3 rings (SSSR count). The van der Waals surface area contributed by atoms with E-state index in [4.69, 9.17) is 4.74 Å². The summed E-state index contributed by atoms with van der Waals surface area (Å²) in [5, 5.41) is 2.53. The SMILES string of the molecule is C[C@H](OC(=O)c1cc2cc(F)ccc2s1)C(=O)Nc1ccc(F)c(F)c1F. The van der Waals surface area contributed by atoms with Crippen LogP contribution in [0.15, 0.2) is 36.4 Å². The standard InChI is InChI=1S/C18H11F4NO3S/c1-8(17(24)23-12-4-3-11(20)15(21)16(12)22)26-18(25)14-7-9-6-10(19)2-5-13(9)27-14/h2-8H,1H3,(H,23,24)/t8-/m0/s1. The van der Waals surface area contributed by atoms with Gasteiger partial charge in [0.1, 0.15) is 10.7 Å². The van der Waals surface area contributed by atoms with E-state index in [9.17, 15) is 27.2 Å². The Morgan fingerprint density at radius 2 is 1.78 bits per heavy atom. The van der Waals surface area contributed by atoms with Crippen molar-refractivity contribution in [2.75, 3.05) is 5.32 Å². The van der Waals surface area contributed by atoms with Gasteiger partial charge in [-0.1, -0.05) is 0 Å². The zero-order valence-corrected chi connectivity index (χ0v) is 14.5. The van der Waals surface area contributed by atoms with Crippen molar-refractivity contribution in [2.24, 2.45) is 0 Å². The first kappa shape index (κ1) is 18.8. The van der Waals surface area contributed by atoms with Crippen molar-refractivity contribution in [3.63, 3.8) is 0 Å². The largest absolute Gasteiger partial charge is 0.448 e. The molecule has 0 bridgehead atoms. The van der Waals surface area contributed by atoms with Crippen molar-refractivity contribution in [3.05, 3.63) is 64.5 Å². The van der Waals surface area contributed by atoms with Crippen molar-refractivity contribution >= 4 is 39.0 Å². The summed E-state index contributed by atoms with van der Waals surface area (Å²) in [6.07, 6.45) is -1.34. The molecule has 1 aromatic heterocycles. The second-order valence-corrected chi connectivity index (χ2v) is 6.64. The molecule has 1 N–H and O–H groups in total. The summed E-state index contributed by atoms with van der Waals surface area (Å²) in [6.45, 7) is 1.23. The highest BCUT2D eigenvalue weighted by atomic mass is 32.1. The number of rotatable bonds is 4. The van der Waals surface area contributed by atoms with Gasteiger partial charge in [0.25, 0.3) is 5.91 Å². The first-order valence-corrected chi connectivity index (χ1v) is 8.42. The van der Waals surface area contributed by atoms with Gasteiger partial charge in [-0.3, -0.25) is 4.79 Å². The van der Waals surface area contributed by atoms with Gasteiger partial charge < -0.3 is 10.1 Å². The van der Waals surface area contributed by atoms with Gasteiger partial charge in [0.15, 0.2) is 23.6 Å². The third-order valence-electron chi connectivity index (χ3n) is 3.63. The molecule has 0 aliphatic rings. The number of hydrogen-bond donors (Lipinski definition) is 1. The topological polar surface area (TPSA) is 55.4 Å². The number of fused-ring (bicyclic) bond motifs is 1. The van der Waals surface area contributed by atoms with Crippen LogP contribution in [0.5, 0.6) is 0 Å². The molecular weight excluding hydrogens is 386 g/mol. The van der Waals surface area contributed by atoms with Crippen molar-refractivity contribution in [1.82, 2.24) is 0 Å². The van der Waals surface area contributed by atoms with E-state index in [-0.39, 0.29) is 4.88 Å². The van der Waals surface area contributed by atoms with Gasteiger partial charge >= 0.3 is 5.97 Å². The Bertz CT molecular complexity index is 1050. The maximum absolute atomic E-state index is 13.6. The van der Waals surface area contributed by atoms with Gasteiger partial charge in [0, 0.05) is 4.70 Å². The van der Waals surface area contributed by atoms with E-state index >= 15 is 0 Å². The summed E-state index contributed by atoms with van der Waals surface area (Å²) in [5.74, 6) is -6.90. The van der Waals surface area contributed by atoms with Gasteiger partial charge in [-0.2, -0.15) is 0 Å². The molecule has 0 aliphatic heterocycles. The molecule has 0 fully saturated rings. The van der Waals surface area contributed by atoms with Gasteiger partial charge in [-0.25, -0.2) is 22.4 Å². The van der Waals surface area contributed by atoms with Gasteiger partial charge in [-0.15, -0.1) is 11.3 Å². The third-order valence-corrected chi connectivity index (χ3v) is 4.72. The van der Waals surface area contributed by atoms with E-state index < -0.39 is 46.9 Å². The fraction of sp³-hybridized carbons (Fsp3) is 0.111. The molecule has 2 aromatic carbocycles. The van der Waals surface area contributed by atoms with Crippen molar-refractivity contribution < 1.29 is 31.9 Å². The predicted molar refractivity (Wildman–Crippen MR) is 91.6 cm³/mol. The van der Waals surface area contributed by atoms with Crippen LogP contribution >= 0.6 is 11.3 Å². The second kappa shape index (κ2) is 7.36. The minimum absolute atomic E-state index is 0.147. The number of ether oxygens (including phenoxy) is 1. The number of amides is 1. The fourth-order valence-corrected chi connectivity index (χ4v) is 3.17. The molecule has 1 heterocycles. The van der Waals surface area contributed by atoms with Crippen LogP contribution < -0.4 is 5.32 Å². The van der Waals surface area contributed by atoms with E-state index in [1.807, 2.05) is 5.32 Å². The average Bonchev–Trinajstić information content (AvgIpc) is 3.05. The lowest BCUT2D eigenvalue weighted by molar-refractivity contribution is -0.123. The maximum atomic E-state index is 13.6. The fourth-order valence-electron chi connectivity index (χ4n) is 2.24. The van der Waals surface area contributed by atoms with Crippen LogP contribution in [0.2, 0.25) is 0 Å². The molecule has 0 radical (unpaired) electrons. The predicted octanol–water partition coefficient (Wildman–Crippen LogP) is 4.64. The molecule has 0 saturated carbocycles. The summed E-state index contributed by atoms with van der Waals surface area (Å²) >= 11 is 1.05. The number of esters is 1. The zero-order valence-electron chi connectivity index (χ0n) is 13.7. The van der Waals surface area contributed by atoms with E-state index in [0.29, 0.717) is 16.2 Å². The summed E-state index contributed by atoms with van der Waals surface area (Å²) in [4.78, 5) is 24.3. The summed E-state index contributed by atoms with van der Waals surface area (Å²) in [7, 11) is 0. The molecule has 4 nitrogen and oxygen atoms in total. The van der Waals surface area contributed by atoms with Crippen molar-refractivity contribution in [2.45, 2.75) is 13.0 Å². The third kappa shape index (κ3) is 3.92. The molecule has 0 saturated heterocycles. The zero-order chi connectivity index (χ0) is 19.7. The molecule has 27 heavy (non-hydrogen) atoms. The van der Waals surface area contributed by atoms with Gasteiger partial charge in [0.2, 0.25) is 0 Å². The quantitative estimate of drug-likeness (QED) is 0.396. The summed E-state index contributed by atoms with van der Waals surface area (Å²) < 4.78 is 58.6. The lowest BCUT2D eigenvalue weighted by atomic mass is 10.2. The van der Waals surface area contributed by atoms with Gasteiger partial charge in [0.05, 0.1) is 5.69 Å². The monoisotopic (exact) mass is 397 g/mol. The molecule has 140 valence electrons. The normalized spacial score (nSPS) is 12.0. The Morgan fingerprint density at radius 1 is 1.04 bits per heavy atom. The summed E-state index contributed by atoms with van der Waals surface area (Å²) in [6, 6.07) is 6.94. The number of anilines is 1. The van der Waals surface area contributed by atoms with Crippen LogP contribution in [0.3, 0.4) is 0 Å². The van der Waals surface area contributed by atoms with Crippen LogP contribution in [0.4, 0.5) is 23.2 Å². The second-order valence-electron chi connectivity index (χ2n) is 5.55. The van der Waals surface area contributed by atoms with Crippen LogP contribution in [0.25, 0.3) is 10.1 Å². The Kier molecular flexibility index (Phi) is 5.13. The molecule has 1 atom stereocenters. The number of hydrogen-bond acceptors (Lipinski definition) is 4. The molecule has 1 amide bonds. The molecule has 0 aliphatic carbocycles. The van der Waals surface area contributed by atoms with Gasteiger partial charge in [-0.05, 0) is 48.7 Å². The highest BCUT2D eigenvalue weighted by Crippen LogP contribution is 2.27. The lowest BCUT2D eigenvalue weighted by Crippen LogP contribution is -2.30. The first-order valence-electron chi connectivity index (χ1n) is 7.60. The van der Waals surface area contributed by atoms with E-state index in [0.717, 1.165) is 17.4 Å². The summed E-state index contributed by atoms with van der Waals surface area (Å²) in [5.41, 5.74) is -0.584. The highest BCUT2D eigenvalue weighted by Gasteiger charge is 2.23.